The molecule has 0 bridgehead atoms. The highest BCUT2D eigenvalue weighted by Crippen LogP contribution is 2.58. The zero-order valence-corrected chi connectivity index (χ0v) is 59.8. The summed E-state index contributed by atoms with van der Waals surface area (Å²) in [6.07, 6.45) is 2.16. The third kappa shape index (κ3) is 10.1. The van der Waals surface area contributed by atoms with Crippen molar-refractivity contribution in [2.24, 2.45) is 0 Å². The Kier molecular flexibility index (Phi) is 14.9. The molecule has 1 aliphatic rings. The van der Waals surface area contributed by atoms with E-state index < -0.39 is 11.6 Å². The average molecular weight is 1400 g/mol. The molecule has 16 aromatic carbocycles. The molecule has 6 nitrogen and oxygen atoms in total. The lowest BCUT2D eigenvalue weighted by Crippen LogP contribution is -2.46. The standard InChI is InChI=1S/C104H66N6/c105-66-84-65-101(107-93-49-41-76(68-25-9-1-10-26-68)57-85(93)86-58-77(42-50-94(86)107)69-27-11-2-12-28-69)104(67-106,110-99-55-47-82(74-37-21-7-22-38-74)63-91(99)92-64-83(48-56-100(92)110)75-39-23-8-24-40-75)103(109-97-53-45-80(72-33-17-5-18-34-72)61-89(97)90-62-81(46-54-98(90)109)73-35-19-6-20-36-73)102(84)108-95-51-43-78(70-29-13-3-14-30-70)59-87(95)88-60-79(44-52-96(88)108)71-31-15-4-16-32-71/h1-65,101H. The van der Waals surface area contributed by atoms with Crippen LogP contribution >= 0.6 is 0 Å². The number of aromatic nitrogens is 4. The first-order valence-electron chi connectivity index (χ1n) is 37.5. The fourth-order valence-corrected chi connectivity index (χ4v) is 17.8. The van der Waals surface area contributed by atoms with E-state index in [0.717, 1.165) is 176 Å². The first-order chi connectivity index (χ1) is 54.5. The number of nitrogens with zero attached hydrogens (tertiary/aromatic N) is 6. The molecule has 0 N–H and O–H groups in total. The highest BCUT2D eigenvalue weighted by atomic mass is 15.2. The molecule has 0 saturated heterocycles. The fraction of sp³-hybridized carbons (Fsp3) is 0.0192. The highest BCUT2D eigenvalue weighted by molar-refractivity contribution is 6.20. The van der Waals surface area contributed by atoms with Gasteiger partial charge in [0, 0.05) is 54.1 Å². The molecule has 2 atom stereocenters. The third-order valence-electron chi connectivity index (χ3n) is 22.9. The molecule has 4 heterocycles. The van der Waals surface area contributed by atoms with E-state index >= 15 is 0 Å². The van der Waals surface area contributed by atoms with Gasteiger partial charge in [-0.1, -0.05) is 291 Å². The van der Waals surface area contributed by atoms with Crippen LogP contribution in [-0.2, 0) is 5.54 Å². The van der Waals surface area contributed by atoms with Gasteiger partial charge in [-0.15, -0.1) is 0 Å². The number of fused-ring (bicyclic) bond motifs is 12. The number of benzene rings is 16. The fourth-order valence-electron chi connectivity index (χ4n) is 17.8. The number of allylic oxidation sites excluding steroid dienone is 4. The van der Waals surface area contributed by atoms with Crippen molar-refractivity contribution < 1.29 is 0 Å². The second-order valence-electron chi connectivity index (χ2n) is 28.9. The molecular weight excluding hydrogens is 1330 g/mol. The molecule has 512 valence electrons. The van der Waals surface area contributed by atoms with Crippen LogP contribution in [0.25, 0.3) is 188 Å². The molecule has 6 heteroatoms. The summed E-state index contributed by atoms with van der Waals surface area (Å²) >= 11 is 0. The van der Waals surface area contributed by atoms with E-state index in [-0.39, 0.29) is 0 Å². The molecule has 20 aromatic rings. The molecule has 1 aliphatic carbocycles. The summed E-state index contributed by atoms with van der Waals surface area (Å²) in [5, 5.41) is 35.7. The van der Waals surface area contributed by atoms with E-state index in [9.17, 15) is 10.5 Å². The Labute approximate surface area is 636 Å². The van der Waals surface area contributed by atoms with Gasteiger partial charge in [0.2, 0.25) is 0 Å². The van der Waals surface area contributed by atoms with E-state index in [2.05, 4.69) is 425 Å². The van der Waals surface area contributed by atoms with Crippen molar-refractivity contribution in [3.05, 3.63) is 400 Å². The normalized spacial score (nSPS) is 14.5. The summed E-state index contributed by atoms with van der Waals surface area (Å²) in [6, 6.07) is 145. The number of hydrogen-bond acceptors (Lipinski definition) is 2. The van der Waals surface area contributed by atoms with Gasteiger partial charge in [0.25, 0.3) is 0 Å². The van der Waals surface area contributed by atoms with Crippen LogP contribution in [0.4, 0.5) is 0 Å². The topological polar surface area (TPSA) is 67.3 Å². The second kappa shape index (κ2) is 25.8. The van der Waals surface area contributed by atoms with Gasteiger partial charge in [-0.2, -0.15) is 10.5 Å². The lowest BCUT2D eigenvalue weighted by atomic mass is 9.78. The van der Waals surface area contributed by atoms with Gasteiger partial charge >= 0.3 is 0 Å². The van der Waals surface area contributed by atoms with Crippen molar-refractivity contribution in [1.29, 1.82) is 10.5 Å². The van der Waals surface area contributed by atoms with Crippen molar-refractivity contribution in [3.63, 3.8) is 0 Å². The summed E-state index contributed by atoms with van der Waals surface area (Å²) in [4.78, 5) is 0. The van der Waals surface area contributed by atoms with Crippen LogP contribution in [0.3, 0.4) is 0 Å². The van der Waals surface area contributed by atoms with Crippen LogP contribution in [-0.4, -0.2) is 18.3 Å². The minimum atomic E-state index is -1.88. The summed E-state index contributed by atoms with van der Waals surface area (Å²) in [6.45, 7) is 0. The SMILES string of the molecule is N#CC1=CC(n2c3ccc(-c4ccccc4)cc3c3cc(-c4ccccc4)ccc32)C(C#N)(n2c3ccc(-c4ccccc4)cc3c3cc(-c4ccccc4)ccc32)C(n2c3ccc(-c4ccccc4)cc3c3cc(-c4ccccc4)ccc32)=C1n1c2ccc(-c3ccccc3)cc2c2cc(-c3ccccc3)ccc21. The minimum Gasteiger partial charge on any atom is -0.329 e. The lowest BCUT2D eigenvalue weighted by Gasteiger charge is -2.44. The zero-order chi connectivity index (χ0) is 73.0. The lowest BCUT2D eigenvalue weighted by molar-refractivity contribution is 0.383. The van der Waals surface area contributed by atoms with Gasteiger partial charge in [-0.25, -0.2) is 0 Å². The molecule has 0 radical (unpaired) electrons. The maximum atomic E-state index is 14.6. The zero-order valence-electron chi connectivity index (χ0n) is 59.8. The highest BCUT2D eigenvalue weighted by Gasteiger charge is 2.54. The van der Waals surface area contributed by atoms with E-state index in [0.29, 0.717) is 17.0 Å². The van der Waals surface area contributed by atoms with Crippen LogP contribution in [0, 0.1) is 22.7 Å². The molecule has 0 spiro atoms. The van der Waals surface area contributed by atoms with Gasteiger partial charge in [0.15, 0.2) is 5.54 Å². The maximum Gasteiger partial charge on any atom is 0.199 e. The molecule has 0 saturated carbocycles. The average Bonchev–Trinajstić information content (AvgIpc) is 1.37. The summed E-state index contributed by atoms with van der Waals surface area (Å²) in [5.41, 5.74) is 23.8. The molecule has 110 heavy (non-hydrogen) atoms. The molecular formula is C104H66N6. The van der Waals surface area contributed by atoms with Crippen molar-refractivity contribution in [2.75, 3.05) is 0 Å². The Morgan fingerprint density at radius 3 is 0.691 bits per heavy atom. The quantitative estimate of drug-likeness (QED) is 0.122. The predicted molar refractivity (Wildman–Crippen MR) is 457 cm³/mol. The van der Waals surface area contributed by atoms with E-state index in [4.69, 9.17) is 0 Å². The van der Waals surface area contributed by atoms with Crippen LogP contribution in [0.15, 0.2) is 400 Å². The summed E-state index contributed by atoms with van der Waals surface area (Å²) in [5.74, 6) is 0. The smallest absolute Gasteiger partial charge is 0.199 e. The predicted octanol–water partition coefficient (Wildman–Crippen LogP) is 26.9. The number of rotatable bonds is 12. The minimum absolute atomic E-state index is 0.404. The van der Waals surface area contributed by atoms with Crippen LogP contribution in [0.5, 0.6) is 0 Å². The van der Waals surface area contributed by atoms with Crippen molar-refractivity contribution in [2.45, 2.75) is 11.6 Å². The van der Waals surface area contributed by atoms with Gasteiger partial charge in [-0.3, -0.25) is 0 Å². The third-order valence-corrected chi connectivity index (χ3v) is 22.9. The van der Waals surface area contributed by atoms with Crippen LogP contribution in [0.2, 0.25) is 0 Å². The van der Waals surface area contributed by atoms with Gasteiger partial charge in [0.05, 0.1) is 56.1 Å². The largest absolute Gasteiger partial charge is 0.329 e. The first kappa shape index (κ1) is 63.6. The molecule has 0 amide bonds. The van der Waals surface area contributed by atoms with Gasteiger partial charge < -0.3 is 18.3 Å². The monoisotopic (exact) mass is 1400 g/mol. The Morgan fingerprint density at radius 1 is 0.227 bits per heavy atom. The number of nitriles is 2. The summed E-state index contributed by atoms with van der Waals surface area (Å²) in [7, 11) is 0. The van der Waals surface area contributed by atoms with Gasteiger partial charge in [-0.05, 0) is 192 Å². The van der Waals surface area contributed by atoms with Crippen molar-refractivity contribution in [1.82, 2.24) is 18.3 Å². The Morgan fingerprint density at radius 2 is 0.445 bits per heavy atom. The van der Waals surface area contributed by atoms with E-state index in [1.54, 1.807) is 0 Å². The molecule has 4 aromatic heterocycles. The van der Waals surface area contributed by atoms with E-state index in [1.807, 2.05) is 0 Å². The Bertz CT molecular complexity index is 6850. The summed E-state index contributed by atoms with van der Waals surface area (Å²) < 4.78 is 9.55. The maximum absolute atomic E-state index is 14.6. The van der Waals surface area contributed by atoms with Gasteiger partial charge in [0.1, 0.15) is 12.1 Å². The first-order valence-corrected chi connectivity index (χ1v) is 37.5. The van der Waals surface area contributed by atoms with Crippen molar-refractivity contribution in [3.8, 4) is 101 Å². The van der Waals surface area contributed by atoms with E-state index in [1.165, 1.54) is 0 Å². The molecule has 2 unspecified atom stereocenters. The van der Waals surface area contributed by atoms with Crippen LogP contribution < -0.4 is 0 Å². The Hall–Kier alpha value is -14.8. The number of hydrogen-bond donors (Lipinski definition) is 0. The second-order valence-corrected chi connectivity index (χ2v) is 28.9. The molecule has 21 rings (SSSR count). The molecule has 0 fully saturated rings. The Balaban J connectivity index is 0.988. The van der Waals surface area contributed by atoms with Crippen molar-refractivity contribution >= 4 is 98.6 Å². The van der Waals surface area contributed by atoms with Crippen LogP contribution in [0.1, 0.15) is 6.04 Å². The molecule has 0 aliphatic heterocycles.